The van der Waals surface area contributed by atoms with Crippen LogP contribution in [0.25, 0.3) is 0 Å². The van der Waals surface area contributed by atoms with Gasteiger partial charge in [-0.3, -0.25) is 9.59 Å². The Morgan fingerprint density at radius 2 is 1.60 bits per heavy atom. The van der Waals surface area contributed by atoms with Crippen LogP contribution in [-0.4, -0.2) is 62.7 Å². The number of hydrogen-bond acceptors (Lipinski definition) is 4. The maximum atomic E-state index is 14.9. The van der Waals surface area contributed by atoms with Crippen LogP contribution in [0.4, 0.5) is 10.1 Å². The third kappa shape index (κ3) is 8.67. The van der Waals surface area contributed by atoms with Crippen LogP contribution in [0.2, 0.25) is 10.0 Å². The molecule has 0 saturated carbocycles. The van der Waals surface area contributed by atoms with E-state index in [1.165, 1.54) is 43.3 Å². The van der Waals surface area contributed by atoms with E-state index in [-0.39, 0.29) is 29.6 Å². The molecular formula is C30H35Cl2FN4O4S. The Morgan fingerprint density at radius 1 is 0.952 bits per heavy atom. The van der Waals surface area contributed by atoms with E-state index in [9.17, 15) is 22.4 Å². The zero-order valence-corrected chi connectivity index (χ0v) is 26.3. The van der Waals surface area contributed by atoms with Gasteiger partial charge in [-0.1, -0.05) is 85.6 Å². The molecule has 8 nitrogen and oxygen atoms in total. The van der Waals surface area contributed by atoms with Gasteiger partial charge in [-0.15, -0.1) is 0 Å². The number of carbonyl (C=O) groups is 2. The molecule has 3 aromatic carbocycles. The Kier molecular flexibility index (Phi) is 11.8. The summed E-state index contributed by atoms with van der Waals surface area (Å²) < 4.78 is 43.2. The highest BCUT2D eigenvalue weighted by atomic mass is 35.5. The fourth-order valence-corrected chi connectivity index (χ4v) is 5.70. The number of anilines is 1. The van der Waals surface area contributed by atoms with Gasteiger partial charge in [-0.05, 0) is 41.3 Å². The van der Waals surface area contributed by atoms with E-state index in [2.05, 4.69) is 5.32 Å². The molecule has 0 spiro atoms. The van der Waals surface area contributed by atoms with Crippen molar-refractivity contribution in [2.45, 2.75) is 32.9 Å². The second-order valence-corrected chi connectivity index (χ2v) is 13.3. The van der Waals surface area contributed by atoms with Crippen molar-refractivity contribution in [3.05, 3.63) is 99.8 Å². The summed E-state index contributed by atoms with van der Waals surface area (Å²) >= 11 is 12.6. The fraction of sp³-hybridized carbons (Fsp3) is 0.333. The number of hydrogen-bond donors (Lipinski definition) is 1. The van der Waals surface area contributed by atoms with Gasteiger partial charge in [0, 0.05) is 43.7 Å². The third-order valence-corrected chi connectivity index (χ3v) is 8.84. The van der Waals surface area contributed by atoms with Crippen molar-refractivity contribution in [3.63, 3.8) is 0 Å². The van der Waals surface area contributed by atoms with Crippen molar-refractivity contribution in [1.29, 1.82) is 0 Å². The van der Waals surface area contributed by atoms with Gasteiger partial charge in [0.1, 0.15) is 18.4 Å². The van der Waals surface area contributed by atoms with Crippen molar-refractivity contribution in [2.24, 2.45) is 5.92 Å². The minimum Gasteiger partial charge on any atom is -0.354 e. The topological polar surface area (TPSA) is 90.0 Å². The smallest absolute Gasteiger partial charge is 0.304 e. The number of benzene rings is 3. The molecule has 226 valence electrons. The zero-order valence-electron chi connectivity index (χ0n) is 23.9. The SMILES string of the molecule is CC(C)CNC(=O)[C@@H](Cc1ccccc1)N(Cc1ccc(Cl)cc1Cl)C(=O)CN(c1ccccc1F)S(=O)(=O)N(C)C. The number of carbonyl (C=O) groups excluding carboxylic acids is 2. The van der Waals surface area contributed by atoms with E-state index in [1.807, 2.05) is 44.2 Å². The summed E-state index contributed by atoms with van der Waals surface area (Å²) in [7, 11) is -1.74. The summed E-state index contributed by atoms with van der Waals surface area (Å²) in [6.07, 6.45) is 0.141. The molecule has 2 amide bonds. The molecule has 3 rings (SSSR count). The number of nitrogens with one attached hydrogen (secondary N) is 1. The fourth-order valence-electron chi connectivity index (χ4n) is 4.17. The predicted molar refractivity (Wildman–Crippen MR) is 165 cm³/mol. The highest BCUT2D eigenvalue weighted by molar-refractivity contribution is 7.90. The van der Waals surface area contributed by atoms with Crippen molar-refractivity contribution in [1.82, 2.24) is 14.5 Å². The number of halogens is 3. The lowest BCUT2D eigenvalue weighted by molar-refractivity contribution is -0.140. The second-order valence-electron chi connectivity index (χ2n) is 10.4. The molecule has 0 radical (unpaired) electrons. The first-order valence-corrected chi connectivity index (χ1v) is 15.5. The minimum absolute atomic E-state index is 0.130. The van der Waals surface area contributed by atoms with E-state index in [0.717, 1.165) is 15.9 Å². The van der Waals surface area contributed by atoms with Crippen LogP contribution in [0.1, 0.15) is 25.0 Å². The van der Waals surface area contributed by atoms with Crippen LogP contribution in [0.3, 0.4) is 0 Å². The molecule has 0 heterocycles. The first-order chi connectivity index (χ1) is 19.8. The Bertz CT molecular complexity index is 1490. The van der Waals surface area contributed by atoms with Gasteiger partial charge in [0.05, 0.1) is 5.69 Å². The maximum absolute atomic E-state index is 14.9. The van der Waals surface area contributed by atoms with Gasteiger partial charge in [0.25, 0.3) is 0 Å². The highest BCUT2D eigenvalue weighted by Gasteiger charge is 2.35. The molecule has 3 aromatic rings. The molecule has 0 fully saturated rings. The molecule has 0 unspecified atom stereocenters. The van der Waals surface area contributed by atoms with Crippen LogP contribution in [0.5, 0.6) is 0 Å². The highest BCUT2D eigenvalue weighted by Crippen LogP contribution is 2.26. The Hall–Kier alpha value is -3.18. The van der Waals surface area contributed by atoms with Gasteiger partial charge in [0.2, 0.25) is 11.8 Å². The van der Waals surface area contributed by atoms with E-state index < -0.39 is 40.4 Å². The van der Waals surface area contributed by atoms with E-state index in [0.29, 0.717) is 21.4 Å². The van der Waals surface area contributed by atoms with Crippen molar-refractivity contribution in [2.75, 3.05) is 31.5 Å². The number of rotatable bonds is 13. The molecule has 0 saturated heterocycles. The average molecular weight is 638 g/mol. The summed E-state index contributed by atoms with van der Waals surface area (Å²) in [5.74, 6) is -1.82. The monoisotopic (exact) mass is 636 g/mol. The standard InChI is InChI=1S/C30H35Cl2FN4O4S/c1-21(2)18-34-30(39)28(16-22-10-6-5-7-11-22)36(19-23-14-15-24(31)17-25(23)32)29(38)20-37(42(40,41)35(3)4)27-13-9-8-12-26(27)33/h5-15,17,21,28H,16,18-20H2,1-4H3,(H,34,39)/t28-/m1/s1. The van der Waals surface area contributed by atoms with Crippen LogP contribution >= 0.6 is 23.2 Å². The van der Waals surface area contributed by atoms with E-state index >= 15 is 0 Å². The van der Waals surface area contributed by atoms with Crippen LogP contribution in [0.15, 0.2) is 72.8 Å². The summed E-state index contributed by atoms with van der Waals surface area (Å²) in [4.78, 5) is 29.2. The van der Waals surface area contributed by atoms with Crippen LogP contribution in [0, 0.1) is 11.7 Å². The molecule has 0 aliphatic heterocycles. The number of amides is 2. The molecule has 1 atom stereocenters. The molecule has 42 heavy (non-hydrogen) atoms. The van der Waals surface area contributed by atoms with Crippen molar-refractivity contribution in [3.8, 4) is 0 Å². The lowest BCUT2D eigenvalue weighted by Crippen LogP contribution is -2.54. The normalized spacial score (nSPS) is 12.3. The van der Waals surface area contributed by atoms with Gasteiger partial charge < -0.3 is 10.2 Å². The van der Waals surface area contributed by atoms with Gasteiger partial charge in [0.15, 0.2) is 0 Å². The molecule has 0 aliphatic rings. The lowest BCUT2D eigenvalue weighted by Gasteiger charge is -2.34. The Balaban J connectivity index is 2.13. The summed E-state index contributed by atoms with van der Waals surface area (Å²) in [5, 5.41) is 3.56. The minimum atomic E-state index is -4.32. The molecule has 0 aliphatic carbocycles. The molecule has 12 heteroatoms. The molecule has 0 aromatic heterocycles. The zero-order chi connectivity index (χ0) is 31.0. The van der Waals surface area contributed by atoms with Gasteiger partial charge in [-0.25, -0.2) is 8.70 Å². The second kappa shape index (κ2) is 14.8. The first kappa shape index (κ1) is 33.3. The van der Waals surface area contributed by atoms with Gasteiger partial charge >= 0.3 is 10.2 Å². The van der Waals surface area contributed by atoms with Crippen molar-refractivity contribution >= 4 is 50.9 Å². The lowest BCUT2D eigenvalue weighted by atomic mass is 10.0. The Morgan fingerprint density at radius 3 is 2.19 bits per heavy atom. The van der Waals surface area contributed by atoms with Crippen LogP contribution < -0.4 is 9.62 Å². The summed E-state index contributed by atoms with van der Waals surface area (Å²) in [6, 6.07) is 18.2. The predicted octanol–water partition coefficient (Wildman–Crippen LogP) is 5.16. The quantitative estimate of drug-likeness (QED) is 0.281. The van der Waals surface area contributed by atoms with Crippen LogP contribution in [-0.2, 0) is 32.8 Å². The molecule has 1 N–H and O–H groups in total. The summed E-state index contributed by atoms with van der Waals surface area (Å²) in [6.45, 7) is 3.36. The third-order valence-electron chi connectivity index (χ3n) is 6.45. The Labute approximate surface area is 257 Å². The van der Waals surface area contributed by atoms with Gasteiger partial charge in [-0.2, -0.15) is 12.7 Å². The number of para-hydroxylation sites is 1. The number of nitrogens with zero attached hydrogens (tertiary/aromatic N) is 3. The van der Waals surface area contributed by atoms with E-state index in [4.69, 9.17) is 23.2 Å². The molecular weight excluding hydrogens is 602 g/mol. The summed E-state index contributed by atoms with van der Waals surface area (Å²) in [5.41, 5.74) is 0.985. The van der Waals surface area contributed by atoms with E-state index in [1.54, 1.807) is 12.1 Å². The largest absolute Gasteiger partial charge is 0.354 e. The maximum Gasteiger partial charge on any atom is 0.304 e. The molecule has 0 bridgehead atoms. The van der Waals surface area contributed by atoms with Crippen molar-refractivity contribution < 1.29 is 22.4 Å². The first-order valence-electron chi connectivity index (χ1n) is 13.3. The average Bonchev–Trinajstić information content (AvgIpc) is 2.94.